The van der Waals surface area contributed by atoms with Gasteiger partial charge in [0.15, 0.2) is 0 Å². The van der Waals surface area contributed by atoms with Gasteiger partial charge in [0.2, 0.25) is 0 Å². The third-order valence-electron chi connectivity index (χ3n) is 4.78. The minimum Gasteiger partial charge on any atom is -0.485 e. The molecule has 28 heavy (non-hydrogen) atoms. The van der Waals surface area contributed by atoms with Gasteiger partial charge in [-0.25, -0.2) is 9.07 Å². The Morgan fingerprint density at radius 2 is 1.96 bits per heavy atom. The number of rotatable bonds is 6. The fourth-order valence-electron chi connectivity index (χ4n) is 3.32. The molecule has 2 aromatic heterocycles. The first-order chi connectivity index (χ1) is 13.6. The topological polar surface area (TPSA) is 60.3 Å². The molecule has 0 saturated carbocycles. The van der Waals surface area contributed by atoms with Crippen LogP contribution in [0.3, 0.4) is 0 Å². The number of ether oxygens (including phenoxy) is 1. The Kier molecular flexibility index (Phi) is 5.16. The van der Waals surface area contributed by atoms with Crippen LogP contribution < -0.4 is 10.3 Å². The molecule has 0 spiro atoms. The first-order valence-corrected chi connectivity index (χ1v) is 9.16. The van der Waals surface area contributed by atoms with E-state index in [4.69, 9.17) is 4.74 Å². The molecular weight excluding hydrogens is 359 g/mol. The van der Waals surface area contributed by atoms with Crippen molar-refractivity contribution in [1.82, 2.24) is 19.7 Å². The Morgan fingerprint density at radius 3 is 2.75 bits per heavy atom. The van der Waals surface area contributed by atoms with Crippen LogP contribution in [0, 0.1) is 5.82 Å². The van der Waals surface area contributed by atoms with Crippen molar-refractivity contribution >= 4 is 0 Å². The molecule has 7 heteroatoms. The minimum absolute atomic E-state index is 0.148. The van der Waals surface area contributed by atoms with Gasteiger partial charge in [-0.05, 0) is 42.3 Å². The zero-order valence-electron chi connectivity index (χ0n) is 15.6. The molecule has 1 aliphatic heterocycles. The van der Waals surface area contributed by atoms with Gasteiger partial charge in [-0.3, -0.25) is 14.7 Å². The fourth-order valence-corrected chi connectivity index (χ4v) is 3.32. The summed E-state index contributed by atoms with van der Waals surface area (Å²) in [5, 5.41) is 4.19. The highest BCUT2D eigenvalue weighted by molar-refractivity contribution is 5.34. The van der Waals surface area contributed by atoms with E-state index in [2.05, 4.69) is 40.2 Å². The van der Waals surface area contributed by atoms with Crippen molar-refractivity contribution < 1.29 is 9.13 Å². The fraction of sp³-hybridized carbons (Fsp3) is 0.286. The second-order valence-corrected chi connectivity index (χ2v) is 7.03. The summed E-state index contributed by atoms with van der Waals surface area (Å²) in [6.07, 6.45) is 3.39. The maximum atomic E-state index is 12.9. The lowest BCUT2D eigenvalue weighted by Crippen LogP contribution is -2.23. The Balaban J connectivity index is 1.36. The van der Waals surface area contributed by atoms with E-state index in [1.165, 1.54) is 39.7 Å². The summed E-state index contributed by atoms with van der Waals surface area (Å²) in [4.78, 5) is 18.5. The Hall–Kier alpha value is -3.06. The van der Waals surface area contributed by atoms with Crippen molar-refractivity contribution in [3.8, 4) is 5.75 Å². The third-order valence-corrected chi connectivity index (χ3v) is 4.78. The monoisotopic (exact) mass is 380 g/mol. The highest BCUT2D eigenvalue weighted by Crippen LogP contribution is 2.22. The zero-order chi connectivity index (χ0) is 19.5. The van der Waals surface area contributed by atoms with Crippen LogP contribution in [0.1, 0.15) is 22.4 Å². The van der Waals surface area contributed by atoms with E-state index < -0.39 is 5.82 Å². The van der Waals surface area contributed by atoms with E-state index >= 15 is 0 Å². The number of benzene rings is 1. The summed E-state index contributed by atoms with van der Waals surface area (Å²) in [5.74, 6) is -0.0312. The van der Waals surface area contributed by atoms with Gasteiger partial charge in [-0.2, -0.15) is 5.10 Å². The van der Waals surface area contributed by atoms with E-state index in [0.29, 0.717) is 18.0 Å². The second-order valence-electron chi connectivity index (χ2n) is 7.03. The summed E-state index contributed by atoms with van der Waals surface area (Å²) in [7, 11) is 2.11. The molecule has 0 bridgehead atoms. The maximum absolute atomic E-state index is 12.9. The Bertz CT molecular complexity index is 1030. The number of aryl methyl sites for hydroxylation is 2. The van der Waals surface area contributed by atoms with Crippen LogP contribution in [0.4, 0.5) is 4.39 Å². The molecule has 0 atom stereocenters. The van der Waals surface area contributed by atoms with E-state index in [-0.39, 0.29) is 12.2 Å². The Morgan fingerprint density at radius 1 is 1.11 bits per heavy atom. The highest BCUT2D eigenvalue weighted by atomic mass is 19.1. The van der Waals surface area contributed by atoms with E-state index in [0.717, 1.165) is 25.7 Å². The van der Waals surface area contributed by atoms with E-state index in [1.54, 1.807) is 6.07 Å². The number of hydrogen-bond donors (Lipinski definition) is 0. The van der Waals surface area contributed by atoms with Crippen molar-refractivity contribution in [1.29, 1.82) is 0 Å². The van der Waals surface area contributed by atoms with E-state index in [1.807, 2.05) is 0 Å². The molecule has 0 fully saturated rings. The zero-order valence-corrected chi connectivity index (χ0v) is 15.6. The quantitative estimate of drug-likeness (QED) is 0.658. The van der Waals surface area contributed by atoms with Crippen LogP contribution in [0.2, 0.25) is 0 Å². The summed E-state index contributed by atoms with van der Waals surface area (Å²) in [6, 6.07) is 10.8. The van der Waals surface area contributed by atoms with Crippen LogP contribution in [-0.4, -0.2) is 26.7 Å². The van der Waals surface area contributed by atoms with Gasteiger partial charge in [0.05, 0.1) is 18.1 Å². The molecule has 0 saturated heterocycles. The largest absolute Gasteiger partial charge is 0.485 e. The summed E-state index contributed by atoms with van der Waals surface area (Å²) >= 11 is 0. The van der Waals surface area contributed by atoms with Gasteiger partial charge in [-0.1, -0.05) is 18.2 Å². The molecule has 6 nitrogen and oxygen atoms in total. The van der Waals surface area contributed by atoms with Gasteiger partial charge in [0.25, 0.3) is 5.56 Å². The minimum atomic E-state index is -0.400. The molecule has 0 unspecified atom stereocenters. The van der Waals surface area contributed by atoms with Crippen molar-refractivity contribution in [2.45, 2.75) is 32.7 Å². The van der Waals surface area contributed by atoms with Gasteiger partial charge >= 0.3 is 0 Å². The molecule has 4 rings (SSSR count). The van der Waals surface area contributed by atoms with Gasteiger partial charge in [0.1, 0.15) is 18.2 Å². The van der Waals surface area contributed by atoms with Crippen LogP contribution >= 0.6 is 0 Å². The predicted molar refractivity (Wildman–Crippen MR) is 102 cm³/mol. The third kappa shape index (κ3) is 4.26. The average molecular weight is 380 g/mol. The number of nitrogens with zero attached hydrogens (tertiary/aromatic N) is 4. The number of hydrogen-bond acceptors (Lipinski definition) is 5. The van der Waals surface area contributed by atoms with Crippen LogP contribution in [0.25, 0.3) is 0 Å². The van der Waals surface area contributed by atoms with Crippen LogP contribution in [-0.2, 0) is 32.7 Å². The van der Waals surface area contributed by atoms with Crippen molar-refractivity contribution in [2.24, 2.45) is 0 Å². The smallest absolute Gasteiger partial charge is 0.270 e. The molecule has 3 heterocycles. The first kappa shape index (κ1) is 18.3. The molecule has 1 aromatic carbocycles. The summed E-state index contributed by atoms with van der Waals surface area (Å²) in [5.41, 5.74) is 4.29. The molecule has 3 aromatic rings. The number of halogens is 1. The standard InChI is InChI=1S/C21H21FN4O2/c1-25-12-16-3-2-15(8-17(16)13-25)6-7-26-21(27)9-20(11-24-26)28-14-19-5-4-18(22)10-23-19/h2-5,8-11H,6-7,12-14H2,1H3. The van der Waals surface area contributed by atoms with Crippen molar-refractivity contribution in [2.75, 3.05) is 7.05 Å². The van der Waals surface area contributed by atoms with Gasteiger partial charge < -0.3 is 4.74 Å². The molecule has 0 N–H and O–H groups in total. The molecule has 0 aliphatic carbocycles. The summed E-state index contributed by atoms with van der Waals surface area (Å²) in [6.45, 7) is 2.62. The van der Waals surface area contributed by atoms with Crippen LogP contribution in [0.5, 0.6) is 5.75 Å². The molecule has 0 amide bonds. The highest BCUT2D eigenvalue weighted by Gasteiger charge is 2.15. The van der Waals surface area contributed by atoms with Crippen molar-refractivity contribution in [3.63, 3.8) is 0 Å². The number of pyridine rings is 1. The SMILES string of the molecule is CN1Cc2ccc(CCn3ncc(OCc4ccc(F)cn4)cc3=O)cc2C1. The van der Waals surface area contributed by atoms with Gasteiger partial charge in [-0.15, -0.1) is 0 Å². The average Bonchev–Trinajstić information content (AvgIpc) is 3.06. The maximum Gasteiger partial charge on any atom is 0.270 e. The lowest BCUT2D eigenvalue weighted by Gasteiger charge is -2.08. The molecule has 1 aliphatic rings. The summed E-state index contributed by atoms with van der Waals surface area (Å²) < 4.78 is 19.8. The molecular formula is C21H21FN4O2. The number of aromatic nitrogens is 3. The normalized spacial score (nSPS) is 13.5. The lowest BCUT2D eigenvalue weighted by atomic mass is 10.0. The molecule has 144 valence electrons. The van der Waals surface area contributed by atoms with E-state index in [9.17, 15) is 9.18 Å². The predicted octanol–water partition coefficient (Wildman–Crippen LogP) is 2.54. The molecule has 0 radical (unpaired) electrons. The van der Waals surface area contributed by atoms with Crippen LogP contribution in [0.15, 0.2) is 53.6 Å². The van der Waals surface area contributed by atoms with Gasteiger partial charge in [0, 0.05) is 25.7 Å². The first-order valence-electron chi connectivity index (χ1n) is 9.16. The lowest BCUT2D eigenvalue weighted by molar-refractivity contribution is 0.297. The van der Waals surface area contributed by atoms with Crippen molar-refractivity contribution in [3.05, 3.63) is 87.3 Å². The second kappa shape index (κ2) is 7.90. The number of fused-ring (bicyclic) bond motifs is 1. The Labute approximate surface area is 162 Å².